The molecule has 8 heteroatoms. The fraction of sp³-hybridized carbons (Fsp3) is 0.385. The summed E-state index contributed by atoms with van der Waals surface area (Å²) in [6.07, 6.45) is 6.89. The smallest absolute Gasteiger partial charge is 0.225 e. The number of benzene rings is 1. The van der Waals surface area contributed by atoms with Gasteiger partial charge in [0.1, 0.15) is 5.82 Å². The van der Waals surface area contributed by atoms with Crippen molar-refractivity contribution < 1.29 is 0 Å². The van der Waals surface area contributed by atoms with Crippen molar-refractivity contribution >= 4 is 17.0 Å². The lowest BCUT2D eigenvalue weighted by atomic mass is 10.1. The summed E-state index contributed by atoms with van der Waals surface area (Å²) in [6, 6.07) is 12.6. The number of anilines is 1. The van der Waals surface area contributed by atoms with E-state index in [-0.39, 0.29) is 0 Å². The van der Waals surface area contributed by atoms with Gasteiger partial charge < -0.3 is 15.2 Å². The van der Waals surface area contributed by atoms with Gasteiger partial charge in [-0.25, -0.2) is 15.0 Å². The van der Waals surface area contributed by atoms with Gasteiger partial charge in [0.05, 0.1) is 16.7 Å². The summed E-state index contributed by atoms with van der Waals surface area (Å²) in [5, 5.41) is 3.41. The van der Waals surface area contributed by atoms with Gasteiger partial charge in [0.2, 0.25) is 5.95 Å². The second kappa shape index (κ2) is 9.48. The number of nitrogens with zero attached hydrogens (tertiary/aromatic N) is 6. The van der Waals surface area contributed by atoms with Crippen molar-refractivity contribution in [1.82, 2.24) is 35.1 Å². The Labute approximate surface area is 199 Å². The van der Waals surface area contributed by atoms with Gasteiger partial charge in [-0.15, -0.1) is 0 Å². The van der Waals surface area contributed by atoms with Gasteiger partial charge >= 0.3 is 0 Å². The lowest BCUT2D eigenvalue weighted by molar-refractivity contribution is 0.233. The van der Waals surface area contributed by atoms with E-state index in [4.69, 9.17) is 9.97 Å². The number of pyridine rings is 1. The molecule has 2 fully saturated rings. The van der Waals surface area contributed by atoms with E-state index >= 15 is 0 Å². The molecule has 34 heavy (non-hydrogen) atoms. The molecule has 3 aromatic heterocycles. The summed E-state index contributed by atoms with van der Waals surface area (Å²) in [7, 11) is 0. The van der Waals surface area contributed by atoms with Crippen LogP contribution < -0.4 is 10.2 Å². The van der Waals surface area contributed by atoms with Crippen molar-refractivity contribution in [3.05, 3.63) is 65.9 Å². The number of piperazine rings is 1. The molecule has 0 atom stereocenters. The average molecular weight is 455 g/mol. The summed E-state index contributed by atoms with van der Waals surface area (Å²) >= 11 is 0. The van der Waals surface area contributed by atoms with Gasteiger partial charge in [0.15, 0.2) is 0 Å². The molecule has 174 valence electrons. The fourth-order valence-electron chi connectivity index (χ4n) is 4.91. The number of rotatable bonds is 6. The maximum Gasteiger partial charge on any atom is 0.225 e. The second-order valence-electron chi connectivity index (χ2n) is 9.21. The van der Waals surface area contributed by atoms with Crippen molar-refractivity contribution in [2.45, 2.75) is 25.8 Å². The summed E-state index contributed by atoms with van der Waals surface area (Å²) in [5.41, 5.74) is 6.34. The quantitative estimate of drug-likeness (QED) is 0.463. The van der Waals surface area contributed by atoms with Crippen molar-refractivity contribution in [3.63, 3.8) is 0 Å². The molecule has 1 aromatic carbocycles. The third-order valence-electron chi connectivity index (χ3n) is 6.70. The SMILES string of the molecule is c1cc(CN2CCNCC2)cc(Cc2nc3ccc(-c4ccnc(N5CCCC5)n4)cc3[nH]2)n1. The Morgan fingerprint density at radius 1 is 0.853 bits per heavy atom. The third-order valence-corrected chi connectivity index (χ3v) is 6.70. The summed E-state index contributed by atoms with van der Waals surface area (Å²) in [4.78, 5) is 27.0. The Morgan fingerprint density at radius 3 is 2.59 bits per heavy atom. The molecule has 4 aromatic rings. The van der Waals surface area contributed by atoms with Crippen LogP contribution in [0.5, 0.6) is 0 Å². The van der Waals surface area contributed by atoms with Crippen molar-refractivity contribution in [2.75, 3.05) is 44.2 Å². The van der Waals surface area contributed by atoms with Gasteiger partial charge in [-0.2, -0.15) is 0 Å². The number of nitrogens with one attached hydrogen (secondary N) is 2. The minimum absolute atomic E-state index is 0.687. The van der Waals surface area contributed by atoms with E-state index < -0.39 is 0 Å². The third kappa shape index (κ3) is 4.64. The number of fused-ring (bicyclic) bond motifs is 1. The van der Waals surface area contributed by atoms with Gasteiger partial charge in [-0.1, -0.05) is 6.07 Å². The second-order valence-corrected chi connectivity index (χ2v) is 9.21. The molecule has 2 saturated heterocycles. The summed E-state index contributed by atoms with van der Waals surface area (Å²) in [5.74, 6) is 1.76. The van der Waals surface area contributed by atoms with Gasteiger partial charge in [0, 0.05) is 75.9 Å². The van der Waals surface area contributed by atoms with Crippen LogP contribution in [0.25, 0.3) is 22.3 Å². The number of imidazole rings is 1. The van der Waals surface area contributed by atoms with Crippen molar-refractivity contribution in [1.29, 1.82) is 0 Å². The van der Waals surface area contributed by atoms with Crippen molar-refractivity contribution in [2.24, 2.45) is 0 Å². The molecule has 0 spiro atoms. The lowest BCUT2D eigenvalue weighted by Crippen LogP contribution is -2.42. The molecule has 8 nitrogen and oxygen atoms in total. The van der Waals surface area contributed by atoms with E-state index in [0.717, 1.165) is 85.6 Å². The molecule has 0 aliphatic carbocycles. The Hall–Kier alpha value is -3.36. The van der Waals surface area contributed by atoms with Crippen LogP contribution in [0.15, 0.2) is 48.8 Å². The molecule has 0 radical (unpaired) electrons. The van der Waals surface area contributed by atoms with E-state index in [1.54, 1.807) is 0 Å². The Kier molecular flexibility index (Phi) is 5.91. The van der Waals surface area contributed by atoms with Crippen molar-refractivity contribution in [3.8, 4) is 11.3 Å². The highest BCUT2D eigenvalue weighted by atomic mass is 15.3. The highest BCUT2D eigenvalue weighted by Crippen LogP contribution is 2.25. The van der Waals surface area contributed by atoms with Crippen LogP contribution in [-0.4, -0.2) is 69.1 Å². The van der Waals surface area contributed by atoms with E-state index in [9.17, 15) is 0 Å². The first-order valence-corrected chi connectivity index (χ1v) is 12.2. The zero-order valence-electron chi connectivity index (χ0n) is 19.4. The first kappa shape index (κ1) is 21.2. The highest BCUT2D eigenvalue weighted by Gasteiger charge is 2.16. The molecule has 2 aliphatic rings. The lowest BCUT2D eigenvalue weighted by Gasteiger charge is -2.27. The Bertz CT molecular complexity index is 1270. The van der Waals surface area contributed by atoms with Crippen LogP contribution in [0.3, 0.4) is 0 Å². The predicted molar refractivity (Wildman–Crippen MR) is 134 cm³/mol. The maximum absolute atomic E-state index is 4.83. The van der Waals surface area contributed by atoms with E-state index in [0.29, 0.717) is 6.42 Å². The normalized spacial score (nSPS) is 17.0. The minimum Gasteiger partial charge on any atom is -0.342 e. The fourth-order valence-corrected chi connectivity index (χ4v) is 4.91. The van der Waals surface area contributed by atoms with Crippen LogP contribution >= 0.6 is 0 Å². The van der Waals surface area contributed by atoms with E-state index in [2.05, 4.69) is 60.4 Å². The van der Waals surface area contributed by atoms with Crippen LogP contribution in [0.2, 0.25) is 0 Å². The zero-order valence-corrected chi connectivity index (χ0v) is 19.4. The predicted octanol–water partition coefficient (Wildman–Crippen LogP) is 3.01. The Morgan fingerprint density at radius 2 is 1.71 bits per heavy atom. The van der Waals surface area contributed by atoms with Gasteiger partial charge in [-0.3, -0.25) is 9.88 Å². The maximum atomic E-state index is 4.83. The molecule has 0 bridgehead atoms. The van der Waals surface area contributed by atoms with E-state index in [1.807, 2.05) is 18.5 Å². The van der Waals surface area contributed by atoms with Crippen LogP contribution in [0.1, 0.15) is 29.9 Å². The average Bonchev–Trinajstić information content (AvgIpc) is 3.55. The first-order valence-electron chi connectivity index (χ1n) is 12.2. The number of aromatic amines is 1. The summed E-state index contributed by atoms with van der Waals surface area (Å²) < 4.78 is 0. The standard InChI is InChI=1S/C26H30N8/c1-2-12-34(11-1)26-29-8-6-22(32-26)20-3-4-23-24(16-20)31-25(30-23)17-21-15-19(5-7-28-21)18-33-13-9-27-10-14-33/h3-8,15-16,27H,1-2,9-14,17-18H2,(H,30,31). The largest absolute Gasteiger partial charge is 0.342 e. The molecule has 0 amide bonds. The molecule has 0 saturated carbocycles. The van der Waals surface area contributed by atoms with Crippen LogP contribution in [0, 0.1) is 0 Å². The molecular weight excluding hydrogens is 424 g/mol. The number of hydrogen-bond acceptors (Lipinski definition) is 7. The van der Waals surface area contributed by atoms with Crippen LogP contribution in [0.4, 0.5) is 5.95 Å². The number of H-pyrrole nitrogens is 1. The van der Waals surface area contributed by atoms with Gasteiger partial charge in [0.25, 0.3) is 0 Å². The van der Waals surface area contributed by atoms with E-state index in [1.165, 1.54) is 18.4 Å². The van der Waals surface area contributed by atoms with Gasteiger partial charge in [-0.05, 0) is 48.7 Å². The minimum atomic E-state index is 0.687. The topological polar surface area (TPSA) is 85.9 Å². The first-order chi connectivity index (χ1) is 16.8. The molecule has 2 N–H and O–H groups in total. The number of aromatic nitrogens is 5. The molecule has 6 rings (SSSR count). The summed E-state index contributed by atoms with van der Waals surface area (Å²) in [6.45, 7) is 7.36. The molecule has 0 unspecified atom stereocenters. The Balaban J connectivity index is 1.20. The zero-order chi connectivity index (χ0) is 22.7. The highest BCUT2D eigenvalue weighted by molar-refractivity contribution is 5.81. The molecule has 5 heterocycles. The number of hydrogen-bond donors (Lipinski definition) is 2. The monoisotopic (exact) mass is 454 g/mol. The molecular formula is C26H30N8. The molecule has 2 aliphatic heterocycles. The van der Waals surface area contributed by atoms with Crippen LogP contribution in [-0.2, 0) is 13.0 Å².